The second kappa shape index (κ2) is 7.11. The van der Waals surface area contributed by atoms with Gasteiger partial charge in [-0.25, -0.2) is 9.18 Å². The molecule has 0 radical (unpaired) electrons. The second-order valence-electron chi connectivity index (χ2n) is 4.86. The van der Waals surface area contributed by atoms with Crippen molar-refractivity contribution >= 4 is 29.3 Å². The fourth-order valence-electron chi connectivity index (χ4n) is 1.69. The van der Waals surface area contributed by atoms with Gasteiger partial charge in [-0.2, -0.15) is 0 Å². The highest BCUT2D eigenvalue weighted by atomic mass is 35.5. The van der Waals surface area contributed by atoms with E-state index in [0.29, 0.717) is 10.7 Å². The third-order valence-corrected chi connectivity index (χ3v) is 3.09. The molecule has 0 saturated carbocycles. The summed E-state index contributed by atoms with van der Waals surface area (Å²) in [5.74, 6) is -0.861. The van der Waals surface area contributed by atoms with Crippen LogP contribution in [-0.4, -0.2) is 31.0 Å². The smallest absolute Gasteiger partial charge is 0.409 e. The molecular formula is C16H14ClFN2O3. The second-order valence-corrected chi connectivity index (χ2v) is 5.30. The Bertz CT molecular complexity index is 733. The zero-order valence-electron chi connectivity index (χ0n) is 12.5. The highest BCUT2D eigenvalue weighted by molar-refractivity contribution is 6.31. The lowest BCUT2D eigenvalue weighted by Crippen LogP contribution is -2.26. The van der Waals surface area contributed by atoms with Gasteiger partial charge in [-0.05, 0) is 42.5 Å². The van der Waals surface area contributed by atoms with Gasteiger partial charge in [0.05, 0.1) is 5.56 Å². The number of anilines is 1. The Balaban J connectivity index is 2.26. The van der Waals surface area contributed by atoms with Gasteiger partial charge in [0.1, 0.15) is 11.6 Å². The van der Waals surface area contributed by atoms with Gasteiger partial charge in [-0.3, -0.25) is 4.79 Å². The van der Waals surface area contributed by atoms with E-state index in [-0.39, 0.29) is 11.3 Å². The van der Waals surface area contributed by atoms with E-state index in [4.69, 9.17) is 16.3 Å². The topological polar surface area (TPSA) is 58.6 Å². The highest BCUT2D eigenvalue weighted by Crippen LogP contribution is 2.24. The molecule has 2 rings (SSSR count). The quantitative estimate of drug-likeness (QED) is 0.927. The number of rotatable bonds is 3. The van der Waals surface area contributed by atoms with Gasteiger partial charge >= 0.3 is 6.09 Å². The van der Waals surface area contributed by atoms with E-state index in [9.17, 15) is 14.0 Å². The molecule has 23 heavy (non-hydrogen) atoms. The molecule has 5 nitrogen and oxygen atoms in total. The molecule has 2 aromatic rings. The molecule has 0 atom stereocenters. The first-order valence-corrected chi connectivity index (χ1v) is 7.00. The third kappa shape index (κ3) is 4.43. The Hall–Kier alpha value is -2.60. The number of nitrogens with one attached hydrogen (secondary N) is 1. The number of hydrogen-bond donors (Lipinski definition) is 1. The van der Waals surface area contributed by atoms with Crippen LogP contribution < -0.4 is 10.1 Å². The number of hydrogen-bond acceptors (Lipinski definition) is 3. The van der Waals surface area contributed by atoms with Crippen molar-refractivity contribution in [2.24, 2.45) is 0 Å². The molecule has 7 heteroatoms. The molecule has 1 N–H and O–H groups in total. The van der Waals surface area contributed by atoms with E-state index in [0.717, 1.165) is 0 Å². The van der Waals surface area contributed by atoms with Gasteiger partial charge in [-0.1, -0.05) is 11.6 Å². The average molecular weight is 337 g/mol. The summed E-state index contributed by atoms with van der Waals surface area (Å²) >= 11 is 5.90. The first kappa shape index (κ1) is 16.8. The number of ether oxygens (including phenoxy) is 1. The van der Waals surface area contributed by atoms with Gasteiger partial charge in [0, 0.05) is 24.8 Å². The number of carbonyl (C=O) groups excluding carboxylic acids is 2. The summed E-state index contributed by atoms with van der Waals surface area (Å²) in [4.78, 5) is 25.3. The van der Waals surface area contributed by atoms with Crippen LogP contribution >= 0.6 is 11.6 Å². The summed E-state index contributed by atoms with van der Waals surface area (Å²) in [5, 5.41) is 2.90. The van der Waals surface area contributed by atoms with E-state index in [1.165, 1.54) is 61.5 Å². The Morgan fingerprint density at radius 1 is 1.13 bits per heavy atom. The van der Waals surface area contributed by atoms with Crippen LogP contribution in [0.25, 0.3) is 0 Å². The van der Waals surface area contributed by atoms with E-state index in [1.807, 2.05) is 0 Å². The molecule has 0 heterocycles. The lowest BCUT2D eigenvalue weighted by atomic mass is 10.2. The predicted octanol–water partition coefficient (Wildman–Crippen LogP) is 3.79. The molecule has 0 aliphatic carbocycles. The van der Waals surface area contributed by atoms with Crippen LogP contribution in [0.1, 0.15) is 10.4 Å². The van der Waals surface area contributed by atoms with Crippen molar-refractivity contribution in [1.29, 1.82) is 0 Å². The molecule has 0 aliphatic heterocycles. The fraction of sp³-hybridized carbons (Fsp3) is 0.125. The first-order chi connectivity index (χ1) is 10.9. The monoisotopic (exact) mass is 336 g/mol. The maximum Gasteiger partial charge on any atom is 0.414 e. The Morgan fingerprint density at radius 3 is 2.39 bits per heavy atom. The van der Waals surface area contributed by atoms with Crippen molar-refractivity contribution in [2.45, 2.75) is 0 Å². The number of halogens is 2. The van der Waals surface area contributed by atoms with Crippen LogP contribution in [0.15, 0.2) is 42.5 Å². The summed E-state index contributed by atoms with van der Waals surface area (Å²) in [6, 6.07) is 9.62. The standard InChI is InChI=1S/C16H14ClFN2O3/c1-20(2)16(22)23-14-8-3-10(17)9-13(14)15(21)19-12-6-4-11(18)5-7-12/h3-9H,1-2H3,(H,19,21). The molecular weight excluding hydrogens is 323 g/mol. The molecule has 0 fully saturated rings. The van der Waals surface area contributed by atoms with Gasteiger partial charge < -0.3 is 15.0 Å². The molecule has 0 aliphatic rings. The van der Waals surface area contributed by atoms with Crippen molar-refractivity contribution in [3.05, 3.63) is 58.9 Å². The zero-order valence-corrected chi connectivity index (χ0v) is 13.2. The molecule has 0 saturated heterocycles. The molecule has 0 aromatic heterocycles. The van der Waals surface area contributed by atoms with E-state index < -0.39 is 17.8 Å². The van der Waals surface area contributed by atoms with Crippen LogP contribution in [0, 0.1) is 5.82 Å². The Labute approximate surface area is 137 Å². The maximum absolute atomic E-state index is 12.9. The fourth-order valence-corrected chi connectivity index (χ4v) is 1.86. The lowest BCUT2D eigenvalue weighted by Gasteiger charge is -2.14. The highest BCUT2D eigenvalue weighted by Gasteiger charge is 2.17. The van der Waals surface area contributed by atoms with E-state index >= 15 is 0 Å². The van der Waals surface area contributed by atoms with E-state index in [1.54, 1.807) is 0 Å². The summed E-state index contributed by atoms with van der Waals surface area (Å²) in [6.45, 7) is 0. The third-order valence-electron chi connectivity index (χ3n) is 2.85. The van der Waals surface area contributed by atoms with Gasteiger partial charge in [0.25, 0.3) is 5.91 Å². The van der Waals surface area contributed by atoms with Crippen molar-refractivity contribution in [2.75, 3.05) is 19.4 Å². The normalized spacial score (nSPS) is 10.1. The van der Waals surface area contributed by atoms with Crippen molar-refractivity contribution in [3.63, 3.8) is 0 Å². The summed E-state index contributed by atoms with van der Waals surface area (Å²) in [7, 11) is 3.05. The van der Waals surface area contributed by atoms with Crippen LogP contribution in [0.4, 0.5) is 14.9 Å². The number of benzene rings is 2. The molecule has 0 spiro atoms. The SMILES string of the molecule is CN(C)C(=O)Oc1ccc(Cl)cc1C(=O)Nc1ccc(F)cc1. The summed E-state index contributed by atoms with van der Waals surface area (Å²) in [6.07, 6.45) is -0.622. The maximum atomic E-state index is 12.9. The average Bonchev–Trinajstić information content (AvgIpc) is 2.51. The molecule has 120 valence electrons. The van der Waals surface area contributed by atoms with Crippen LogP contribution in [0.2, 0.25) is 5.02 Å². The number of carbonyl (C=O) groups is 2. The number of amides is 2. The van der Waals surface area contributed by atoms with Crippen molar-refractivity contribution in [1.82, 2.24) is 4.90 Å². The molecule has 0 bridgehead atoms. The predicted molar refractivity (Wildman–Crippen MR) is 85.5 cm³/mol. The molecule has 2 amide bonds. The minimum absolute atomic E-state index is 0.0766. The Morgan fingerprint density at radius 2 is 1.78 bits per heavy atom. The van der Waals surface area contributed by atoms with Crippen LogP contribution in [-0.2, 0) is 0 Å². The number of nitrogens with zero attached hydrogens (tertiary/aromatic N) is 1. The summed E-state index contributed by atoms with van der Waals surface area (Å²) in [5.41, 5.74) is 0.498. The van der Waals surface area contributed by atoms with E-state index in [2.05, 4.69) is 5.32 Å². The van der Waals surface area contributed by atoms with Gasteiger partial charge in [0.15, 0.2) is 0 Å². The molecule has 2 aromatic carbocycles. The van der Waals surface area contributed by atoms with Crippen molar-refractivity contribution in [3.8, 4) is 5.75 Å². The summed E-state index contributed by atoms with van der Waals surface area (Å²) < 4.78 is 18.0. The van der Waals surface area contributed by atoms with Gasteiger partial charge in [-0.15, -0.1) is 0 Å². The largest absolute Gasteiger partial charge is 0.414 e. The van der Waals surface area contributed by atoms with Crippen LogP contribution in [0.5, 0.6) is 5.75 Å². The van der Waals surface area contributed by atoms with Crippen molar-refractivity contribution < 1.29 is 18.7 Å². The zero-order chi connectivity index (χ0) is 17.0. The minimum atomic E-state index is -0.622. The first-order valence-electron chi connectivity index (χ1n) is 6.62. The lowest BCUT2D eigenvalue weighted by molar-refractivity contribution is 0.102. The molecule has 0 unspecified atom stereocenters. The Kier molecular flexibility index (Phi) is 5.18. The van der Waals surface area contributed by atoms with Gasteiger partial charge in [0.2, 0.25) is 0 Å². The minimum Gasteiger partial charge on any atom is -0.409 e. The van der Waals surface area contributed by atoms with Crippen LogP contribution in [0.3, 0.4) is 0 Å².